The number of hydrogen-bond donors (Lipinski definition) is 2. The Morgan fingerprint density at radius 3 is 2.50 bits per heavy atom. The second-order valence-corrected chi connectivity index (χ2v) is 6.17. The van der Waals surface area contributed by atoms with Crippen LogP contribution in [-0.2, 0) is 14.6 Å². The van der Waals surface area contributed by atoms with Crippen molar-refractivity contribution in [1.29, 1.82) is 0 Å². The number of para-hydroxylation sites is 1. The van der Waals surface area contributed by atoms with Crippen LogP contribution in [0.5, 0.6) is 0 Å². The van der Waals surface area contributed by atoms with Crippen molar-refractivity contribution in [2.45, 2.75) is 36.5 Å². The zero-order valence-corrected chi connectivity index (χ0v) is 11.5. The summed E-state index contributed by atoms with van der Waals surface area (Å²) in [4.78, 5) is 9.96. The molecule has 0 saturated heterocycles. The predicted octanol–water partition coefficient (Wildman–Crippen LogP) is 2.35. The van der Waals surface area contributed by atoms with E-state index in [1.165, 1.54) is 18.2 Å². The van der Waals surface area contributed by atoms with Crippen LogP contribution in [-0.4, -0.2) is 31.3 Å². The number of sulfone groups is 1. The van der Waals surface area contributed by atoms with Crippen LogP contribution in [0.25, 0.3) is 0 Å². The van der Waals surface area contributed by atoms with E-state index in [2.05, 4.69) is 5.32 Å². The van der Waals surface area contributed by atoms with Gasteiger partial charge in [0, 0.05) is 12.5 Å². The van der Waals surface area contributed by atoms with Gasteiger partial charge in [-0.25, -0.2) is 8.42 Å². The van der Waals surface area contributed by atoms with Crippen LogP contribution in [0.1, 0.15) is 19.8 Å². The van der Waals surface area contributed by atoms with E-state index in [4.69, 9.17) is 5.11 Å². The summed E-state index contributed by atoms with van der Waals surface area (Å²) < 4.78 is 48.2. The first kappa shape index (κ1) is 16.4. The molecule has 0 bridgehead atoms. The molecular formula is C12H15F2NO4S. The molecule has 1 atom stereocenters. The van der Waals surface area contributed by atoms with Crippen LogP contribution < -0.4 is 5.32 Å². The second kappa shape index (κ2) is 6.65. The highest BCUT2D eigenvalue weighted by atomic mass is 32.2. The Morgan fingerprint density at radius 2 is 1.95 bits per heavy atom. The third-order valence-corrected chi connectivity index (χ3v) is 4.06. The van der Waals surface area contributed by atoms with E-state index in [0.717, 1.165) is 6.07 Å². The number of alkyl halides is 2. The second-order valence-electron chi connectivity index (χ2n) is 4.28. The Morgan fingerprint density at radius 1 is 1.35 bits per heavy atom. The van der Waals surface area contributed by atoms with Crippen molar-refractivity contribution in [2.75, 3.05) is 5.32 Å². The maximum Gasteiger partial charge on any atom is 0.341 e. The molecule has 0 aliphatic carbocycles. The first-order valence-corrected chi connectivity index (χ1v) is 7.39. The van der Waals surface area contributed by atoms with Crippen LogP contribution in [0, 0.1) is 0 Å². The number of rotatable bonds is 7. The molecule has 112 valence electrons. The minimum absolute atomic E-state index is 0.0469. The summed E-state index contributed by atoms with van der Waals surface area (Å²) in [5.41, 5.74) is 0.0469. The number of carboxylic acids is 1. The summed E-state index contributed by atoms with van der Waals surface area (Å²) in [7, 11) is -4.70. The molecule has 0 spiro atoms. The number of aliphatic carboxylic acids is 1. The van der Waals surface area contributed by atoms with E-state index in [-0.39, 0.29) is 24.6 Å². The fourth-order valence-corrected chi connectivity index (χ4v) is 2.50. The van der Waals surface area contributed by atoms with Gasteiger partial charge in [-0.1, -0.05) is 12.1 Å². The number of halogens is 2. The molecule has 0 aliphatic heterocycles. The van der Waals surface area contributed by atoms with Crippen molar-refractivity contribution in [3.05, 3.63) is 24.3 Å². The summed E-state index contributed by atoms with van der Waals surface area (Å²) in [6.45, 7) is 1.65. The molecule has 8 heteroatoms. The topological polar surface area (TPSA) is 83.5 Å². The summed E-state index contributed by atoms with van der Waals surface area (Å²) in [5.74, 6) is -4.48. The molecule has 2 N–H and O–H groups in total. The Labute approximate surface area is 115 Å². The third-order valence-electron chi connectivity index (χ3n) is 2.62. The number of benzene rings is 1. The maximum atomic E-state index is 12.6. The van der Waals surface area contributed by atoms with Crippen molar-refractivity contribution < 1.29 is 27.1 Å². The largest absolute Gasteiger partial charge is 0.481 e. The Balaban J connectivity index is 2.95. The van der Waals surface area contributed by atoms with Gasteiger partial charge in [-0.3, -0.25) is 4.79 Å². The number of carboxylic acid groups (broad SMARTS) is 1. The molecule has 20 heavy (non-hydrogen) atoms. The van der Waals surface area contributed by atoms with Gasteiger partial charge in [0.1, 0.15) is 0 Å². The van der Waals surface area contributed by atoms with Crippen LogP contribution in [0.3, 0.4) is 0 Å². The van der Waals surface area contributed by atoms with Crippen molar-refractivity contribution in [1.82, 2.24) is 0 Å². The average molecular weight is 307 g/mol. The van der Waals surface area contributed by atoms with E-state index in [0.29, 0.717) is 0 Å². The van der Waals surface area contributed by atoms with Crippen LogP contribution >= 0.6 is 0 Å². The molecule has 1 aromatic carbocycles. The van der Waals surface area contributed by atoms with E-state index < -0.39 is 26.5 Å². The lowest BCUT2D eigenvalue weighted by atomic mass is 10.1. The van der Waals surface area contributed by atoms with Gasteiger partial charge in [-0.15, -0.1) is 0 Å². The molecule has 0 aromatic heterocycles. The van der Waals surface area contributed by atoms with Gasteiger partial charge in [0.25, 0.3) is 0 Å². The first-order chi connectivity index (χ1) is 9.25. The fourth-order valence-electron chi connectivity index (χ4n) is 1.61. The van der Waals surface area contributed by atoms with Gasteiger partial charge in [0.2, 0.25) is 9.84 Å². The molecule has 0 heterocycles. The Hall–Kier alpha value is -1.70. The highest BCUT2D eigenvalue weighted by molar-refractivity contribution is 7.91. The molecule has 0 fully saturated rings. The molecule has 1 rings (SSSR count). The molecule has 5 nitrogen and oxygen atoms in total. The van der Waals surface area contributed by atoms with Gasteiger partial charge >= 0.3 is 11.7 Å². The maximum absolute atomic E-state index is 12.6. The molecule has 0 radical (unpaired) electrons. The lowest BCUT2D eigenvalue weighted by Crippen LogP contribution is -2.20. The van der Waals surface area contributed by atoms with Crippen molar-refractivity contribution in [3.63, 3.8) is 0 Å². The lowest BCUT2D eigenvalue weighted by molar-refractivity contribution is -0.137. The molecular weight excluding hydrogens is 292 g/mol. The average Bonchev–Trinajstić information content (AvgIpc) is 2.36. The van der Waals surface area contributed by atoms with E-state index >= 15 is 0 Å². The molecule has 1 aromatic rings. The molecule has 0 aliphatic rings. The van der Waals surface area contributed by atoms with Crippen molar-refractivity contribution in [3.8, 4) is 0 Å². The Kier molecular flexibility index (Phi) is 5.43. The summed E-state index contributed by atoms with van der Waals surface area (Å²) in [5, 5.41) is 11.3. The summed E-state index contributed by atoms with van der Waals surface area (Å²) >= 11 is 0. The van der Waals surface area contributed by atoms with Gasteiger partial charge in [0.15, 0.2) is 0 Å². The number of hydrogen-bond acceptors (Lipinski definition) is 4. The van der Waals surface area contributed by atoms with Gasteiger partial charge in [-0.05, 0) is 25.5 Å². The predicted molar refractivity (Wildman–Crippen MR) is 69.6 cm³/mol. The third kappa shape index (κ3) is 4.16. The summed E-state index contributed by atoms with van der Waals surface area (Å²) in [6.07, 6.45) is 0.149. The lowest BCUT2D eigenvalue weighted by Gasteiger charge is -2.17. The first-order valence-electron chi connectivity index (χ1n) is 5.84. The van der Waals surface area contributed by atoms with Crippen LogP contribution in [0.4, 0.5) is 14.5 Å². The van der Waals surface area contributed by atoms with Crippen molar-refractivity contribution in [2.24, 2.45) is 0 Å². The zero-order valence-electron chi connectivity index (χ0n) is 10.7. The van der Waals surface area contributed by atoms with Gasteiger partial charge in [0.05, 0.1) is 10.6 Å². The minimum Gasteiger partial charge on any atom is -0.481 e. The minimum atomic E-state index is -4.70. The number of carbonyl (C=O) groups is 1. The quantitative estimate of drug-likeness (QED) is 0.808. The summed E-state index contributed by atoms with van der Waals surface area (Å²) in [6, 6.07) is 4.96. The highest BCUT2D eigenvalue weighted by Gasteiger charge is 2.29. The highest BCUT2D eigenvalue weighted by Crippen LogP contribution is 2.26. The fraction of sp³-hybridized carbons (Fsp3) is 0.417. The van der Waals surface area contributed by atoms with Gasteiger partial charge < -0.3 is 10.4 Å². The Bertz CT molecular complexity index is 575. The molecule has 0 saturated carbocycles. The van der Waals surface area contributed by atoms with Crippen LogP contribution in [0.2, 0.25) is 0 Å². The van der Waals surface area contributed by atoms with E-state index in [9.17, 15) is 22.0 Å². The smallest absolute Gasteiger partial charge is 0.341 e. The molecule has 1 unspecified atom stereocenters. The zero-order chi connectivity index (χ0) is 15.3. The van der Waals surface area contributed by atoms with Crippen molar-refractivity contribution >= 4 is 21.5 Å². The monoisotopic (exact) mass is 307 g/mol. The van der Waals surface area contributed by atoms with E-state index in [1.54, 1.807) is 6.92 Å². The van der Waals surface area contributed by atoms with Gasteiger partial charge in [-0.2, -0.15) is 8.78 Å². The molecule has 0 amide bonds. The number of nitrogens with one attached hydrogen (secondary N) is 1. The number of anilines is 1. The normalized spacial score (nSPS) is 13.2. The van der Waals surface area contributed by atoms with Crippen LogP contribution in [0.15, 0.2) is 29.2 Å². The SMILES string of the molecule is CC(CCC(=O)O)Nc1ccccc1S(=O)(=O)C(F)F. The van der Waals surface area contributed by atoms with E-state index in [1.807, 2.05) is 0 Å². The standard InChI is InChI=1S/C12H15F2NO4S/c1-8(6-7-11(16)17)15-9-4-2-3-5-10(9)20(18,19)12(13)14/h2-5,8,12,15H,6-7H2,1H3,(H,16,17).